The quantitative estimate of drug-likeness (QED) is 0.733. The fourth-order valence-electron chi connectivity index (χ4n) is 1.85. The summed E-state index contributed by atoms with van der Waals surface area (Å²) in [7, 11) is 1.43. The zero-order valence-electron chi connectivity index (χ0n) is 11.1. The molecule has 0 bridgehead atoms. The molecule has 0 aliphatic rings. The summed E-state index contributed by atoms with van der Waals surface area (Å²) < 4.78 is 4.70. The number of hydrogen-bond donors (Lipinski definition) is 0. The van der Waals surface area contributed by atoms with Gasteiger partial charge in [0, 0.05) is 6.54 Å². The van der Waals surface area contributed by atoms with Gasteiger partial charge in [0.15, 0.2) is 0 Å². The predicted octanol–water partition coefficient (Wildman–Crippen LogP) is 2.30. The molecule has 0 aliphatic carbocycles. The fourth-order valence-corrected chi connectivity index (χ4v) is 1.85. The Balaban J connectivity index is 2.77. The van der Waals surface area contributed by atoms with Crippen LogP contribution < -0.4 is 0 Å². The number of methoxy groups -OCH3 is 1. The van der Waals surface area contributed by atoms with E-state index in [1.54, 1.807) is 0 Å². The van der Waals surface area contributed by atoms with Crippen molar-refractivity contribution in [2.45, 2.75) is 27.3 Å². The van der Waals surface area contributed by atoms with Crippen molar-refractivity contribution in [3.63, 3.8) is 0 Å². The van der Waals surface area contributed by atoms with Gasteiger partial charge in [-0.1, -0.05) is 25.1 Å². The molecular weight excluding hydrogens is 214 g/mol. The predicted molar refractivity (Wildman–Crippen MR) is 68.9 cm³/mol. The van der Waals surface area contributed by atoms with Crippen molar-refractivity contribution in [1.29, 1.82) is 0 Å². The van der Waals surface area contributed by atoms with Gasteiger partial charge in [-0.3, -0.25) is 9.69 Å². The van der Waals surface area contributed by atoms with Crippen molar-refractivity contribution < 1.29 is 9.53 Å². The molecule has 3 heteroatoms. The van der Waals surface area contributed by atoms with Crippen LogP contribution >= 0.6 is 0 Å². The lowest BCUT2D eigenvalue weighted by Crippen LogP contribution is -2.30. The molecule has 0 amide bonds. The van der Waals surface area contributed by atoms with Crippen molar-refractivity contribution >= 4 is 5.97 Å². The molecule has 94 valence electrons. The molecule has 0 heterocycles. The van der Waals surface area contributed by atoms with E-state index in [-0.39, 0.29) is 5.97 Å². The highest BCUT2D eigenvalue weighted by molar-refractivity contribution is 5.71. The van der Waals surface area contributed by atoms with Crippen LogP contribution in [0.2, 0.25) is 0 Å². The first kappa shape index (κ1) is 13.7. The number of esters is 1. The number of carbonyl (C=O) groups is 1. The third kappa shape index (κ3) is 3.86. The monoisotopic (exact) mass is 235 g/mol. The average Bonchev–Trinajstić information content (AvgIpc) is 2.32. The summed E-state index contributed by atoms with van der Waals surface area (Å²) in [6, 6.07) is 6.27. The lowest BCUT2D eigenvalue weighted by molar-refractivity contribution is -0.142. The lowest BCUT2D eigenvalue weighted by Gasteiger charge is -2.21. The van der Waals surface area contributed by atoms with Crippen LogP contribution in [0.3, 0.4) is 0 Å². The van der Waals surface area contributed by atoms with E-state index in [9.17, 15) is 4.79 Å². The van der Waals surface area contributed by atoms with Crippen molar-refractivity contribution in [1.82, 2.24) is 4.90 Å². The van der Waals surface area contributed by atoms with E-state index in [2.05, 4.69) is 43.9 Å². The van der Waals surface area contributed by atoms with Crippen LogP contribution in [0.25, 0.3) is 0 Å². The molecule has 0 unspecified atom stereocenters. The van der Waals surface area contributed by atoms with Gasteiger partial charge in [-0.25, -0.2) is 0 Å². The molecule has 0 spiro atoms. The number of aryl methyl sites for hydroxylation is 2. The summed E-state index contributed by atoms with van der Waals surface area (Å²) in [5, 5.41) is 0. The molecular formula is C14H21NO2. The topological polar surface area (TPSA) is 29.5 Å². The molecule has 17 heavy (non-hydrogen) atoms. The van der Waals surface area contributed by atoms with Gasteiger partial charge in [-0.2, -0.15) is 0 Å². The number of likely N-dealkylation sites (N-methyl/N-ethyl adjacent to an activating group) is 1. The smallest absolute Gasteiger partial charge is 0.319 e. The summed E-state index contributed by atoms with van der Waals surface area (Å²) in [5.74, 6) is -0.182. The second kappa shape index (κ2) is 6.40. The van der Waals surface area contributed by atoms with E-state index in [4.69, 9.17) is 4.74 Å². The van der Waals surface area contributed by atoms with Gasteiger partial charge in [-0.05, 0) is 37.1 Å². The zero-order valence-corrected chi connectivity index (χ0v) is 11.1. The van der Waals surface area contributed by atoms with Crippen LogP contribution in [0.5, 0.6) is 0 Å². The van der Waals surface area contributed by atoms with Crippen molar-refractivity contribution in [3.8, 4) is 0 Å². The number of ether oxygens (including phenoxy) is 1. The van der Waals surface area contributed by atoms with Crippen LogP contribution in [0, 0.1) is 13.8 Å². The Hall–Kier alpha value is -1.35. The van der Waals surface area contributed by atoms with E-state index in [0.29, 0.717) is 6.54 Å². The zero-order chi connectivity index (χ0) is 12.8. The molecule has 3 nitrogen and oxygen atoms in total. The maximum absolute atomic E-state index is 11.3. The van der Waals surface area contributed by atoms with Gasteiger partial charge in [0.2, 0.25) is 0 Å². The molecule has 0 saturated carbocycles. The van der Waals surface area contributed by atoms with Crippen molar-refractivity contribution in [3.05, 3.63) is 34.9 Å². The lowest BCUT2D eigenvalue weighted by atomic mass is 10.0. The molecule has 0 fully saturated rings. The minimum absolute atomic E-state index is 0.182. The van der Waals surface area contributed by atoms with Gasteiger partial charge in [-0.15, -0.1) is 0 Å². The number of nitrogens with zero attached hydrogens (tertiary/aromatic N) is 1. The van der Waals surface area contributed by atoms with Gasteiger partial charge < -0.3 is 4.74 Å². The largest absolute Gasteiger partial charge is 0.468 e. The van der Waals surface area contributed by atoms with Gasteiger partial charge in [0.05, 0.1) is 13.7 Å². The second-order valence-electron chi connectivity index (χ2n) is 4.25. The molecule has 1 aromatic carbocycles. The number of rotatable bonds is 5. The minimum atomic E-state index is -0.182. The number of hydrogen-bond acceptors (Lipinski definition) is 3. The SMILES string of the molecule is CCN(CC(=O)OC)Cc1c(C)cccc1C. The maximum Gasteiger partial charge on any atom is 0.319 e. The summed E-state index contributed by atoms with van der Waals surface area (Å²) >= 11 is 0. The Morgan fingerprint density at radius 3 is 2.35 bits per heavy atom. The highest BCUT2D eigenvalue weighted by Gasteiger charge is 2.12. The second-order valence-corrected chi connectivity index (χ2v) is 4.25. The van der Waals surface area contributed by atoms with Crippen LogP contribution in [0.15, 0.2) is 18.2 Å². The molecule has 0 N–H and O–H groups in total. The average molecular weight is 235 g/mol. The van der Waals surface area contributed by atoms with Gasteiger partial charge in [0.25, 0.3) is 0 Å². The molecule has 0 aromatic heterocycles. The molecule has 0 atom stereocenters. The fraction of sp³-hybridized carbons (Fsp3) is 0.500. The number of benzene rings is 1. The molecule has 0 aliphatic heterocycles. The summed E-state index contributed by atoms with van der Waals surface area (Å²) in [6.07, 6.45) is 0. The van der Waals surface area contributed by atoms with E-state index in [1.165, 1.54) is 23.8 Å². The Labute approximate surface area is 103 Å². The summed E-state index contributed by atoms with van der Waals surface area (Å²) in [4.78, 5) is 13.4. The number of carbonyl (C=O) groups excluding carboxylic acids is 1. The van der Waals surface area contributed by atoms with Crippen LogP contribution in [-0.2, 0) is 16.1 Å². The van der Waals surface area contributed by atoms with Crippen molar-refractivity contribution in [2.24, 2.45) is 0 Å². The van der Waals surface area contributed by atoms with Gasteiger partial charge >= 0.3 is 5.97 Å². The van der Waals surface area contributed by atoms with Crippen LogP contribution in [0.1, 0.15) is 23.6 Å². The van der Waals surface area contributed by atoms with E-state index in [0.717, 1.165) is 13.1 Å². The molecule has 0 saturated heterocycles. The molecule has 0 radical (unpaired) electrons. The van der Waals surface area contributed by atoms with Gasteiger partial charge in [0.1, 0.15) is 0 Å². The molecule has 1 aromatic rings. The summed E-state index contributed by atoms with van der Waals surface area (Å²) in [6.45, 7) is 8.24. The normalized spacial score (nSPS) is 10.6. The third-order valence-corrected chi connectivity index (χ3v) is 3.05. The van der Waals surface area contributed by atoms with Crippen LogP contribution in [-0.4, -0.2) is 31.1 Å². The first-order chi connectivity index (χ1) is 8.08. The minimum Gasteiger partial charge on any atom is -0.468 e. The van der Waals surface area contributed by atoms with Crippen LogP contribution in [0.4, 0.5) is 0 Å². The highest BCUT2D eigenvalue weighted by Crippen LogP contribution is 2.15. The standard InChI is InChI=1S/C14H21NO2/c1-5-15(10-14(16)17-4)9-13-11(2)7-6-8-12(13)3/h6-8H,5,9-10H2,1-4H3. The Kier molecular flexibility index (Phi) is 5.16. The third-order valence-electron chi connectivity index (χ3n) is 3.05. The van der Waals surface area contributed by atoms with Crippen molar-refractivity contribution in [2.75, 3.05) is 20.2 Å². The Morgan fingerprint density at radius 1 is 1.29 bits per heavy atom. The Bertz CT molecular complexity index is 368. The Morgan fingerprint density at radius 2 is 1.88 bits per heavy atom. The summed E-state index contributed by atoms with van der Waals surface area (Å²) in [5.41, 5.74) is 3.85. The van der Waals surface area contributed by atoms with E-state index < -0.39 is 0 Å². The van der Waals surface area contributed by atoms with E-state index in [1.807, 2.05) is 0 Å². The first-order valence-corrected chi connectivity index (χ1v) is 5.92. The van der Waals surface area contributed by atoms with E-state index >= 15 is 0 Å². The molecule has 1 rings (SSSR count). The first-order valence-electron chi connectivity index (χ1n) is 5.92. The maximum atomic E-state index is 11.3. The highest BCUT2D eigenvalue weighted by atomic mass is 16.5.